The van der Waals surface area contributed by atoms with Gasteiger partial charge in [-0.25, -0.2) is 8.78 Å². The third-order valence-corrected chi connectivity index (χ3v) is 5.78. The number of Topliss-reactive ketones (excluding diaryl/α,β-unsaturated/α-hetero) is 1. The van der Waals surface area contributed by atoms with Crippen molar-refractivity contribution in [2.75, 3.05) is 0 Å². The average molecular weight is 342 g/mol. The Balaban J connectivity index is 1.77. The van der Waals surface area contributed by atoms with Crippen LogP contribution in [0.15, 0.2) is 47.8 Å². The van der Waals surface area contributed by atoms with Crippen LogP contribution in [0.5, 0.6) is 0 Å². The highest BCUT2D eigenvalue weighted by atomic mass is 19.2. The van der Waals surface area contributed by atoms with E-state index in [0.29, 0.717) is 12.0 Å². The molecule has 4 rings (SSSR count). The van der Waals surface area contributed by atoms with Gasteiger partial charge in [-0.3, -0.25) is 4.79 Å². The minimum absolute atomic E-state index is 0.00278. The Bertz CT molecular complexity index is 847. The highest BCUT2D eigenvalue weighted by Crippen LogP contribution is 2.46. The molecular weight excluding hydrogens is 322 g/mol. The van der Waals surface area contributed by atoms with E-state index in [4.69, 9.17) is 0 Å². The number of rotatable bonds is 2. The van der Waals surface area contributed by atoms with E-state index in [-0.39, 0.29) is 29.3 Å². The molecular formula is C21H20F2O2. The fourth-order valence-electron chi connectivity index (χ4n) is 4.30. The number of aliphatic hydroxyl groups excluding tert-OH is 1. The maximum Gasteiger partial charge on any atom is 0.169 e. The summed E-state index contributed by atoms with van der Waals surface area (Å²) >= 11 is 0. The standard InChI is InChI=1S/C21H20F2O2/c1-11-2-3-12(13-6-7-17(22)18(23)10-13)9-16(11)19-20(24)14-4-5-15(8-14)21(19)25/h2-3,7,9-10,13-15,24H,4-6,8H2,1H3. The smallest absolute Gasteiger partial charge is 0.169 e. The van der Waals surface area contributed by atoms with E-state index in [2.05, 4.69) is 0 Å². The third-order valence-electron chi connectivity index (χ3n) is 5.78. The molecule has 2 nitrogen and oxygen atoms in total. The Morgan fingerprint density at radius 2 is 1.88 bits per heavy atom. The summed E-state index contributed by atoms with van der Waals surface area (Å²) in [4.78, 5) is 12.8. The largest absolute Gasteiger partial charge is 0.511 e. The number of benzene rings is 1. The van der Waals surface area contributed by atoms with Crippen LogP contribution in [0.3, 0.4) is 0 Å². The van der Waals surface area contributed by atoms with Gasteiger partial charge in [0, 0.05) is 17.8 Å². The minimum atomic E-state index is -0.841. The Kier molecular flexibility index (Phi) is 3.86. The second-order valence-corrected chi connectivity index (χ2v) is 7.31. The van der Waals surface area contributed by atoms with Crippen LogP contribution < -0.4 is 0 Å². The van der Waals surface area contributed by atoms with Crippen molar-refractivity contribution in [3.63, 3.8) is 0 Å². The van der Waals surface area contributed by atoms with Crippen LogP contribution in [-0.2, 0) is 4.79 Å². The molecule has 0 saturated heterocycles. The summed E-state index contributed by atoms with van der Waals surface area (Å²) in [5.41, 5.74) is 2.88. The van der Waals surface area contributed by atoms with Crippen molar-refractivity contribution >= 4 is 11.4 Å². The van der Waals surface area contributed by atoms with Gasteiger partial charge in [0.25, 0.3) is 0 Å². The molecule has 3 atom stereocenters. The first-order valence-corrected chi connectivity index (χ1v) is 8.77. The number of aryl methyl sites for hydroxylation is 1. The number of aliphatic hydroxyl groups is 1. The summed E-state index contributed by atoms with van der Waals surface area (Å²) in [7, 11) is 0. The molecule has 0 radical (unpaired) electrons. The molecule has 1 aromatic carbocycles. The average Bonchev–Trinajstić information content (AvgIpc) is 3.05. The van der Waals surface area contributed by atoms with Crippen LogP contribution in [-0.4, -0.2) is 10.9 Å². The lowest BCUT2D eigenvalue weighted by molar-refractivity contribution is -0.117. The highest BCUT2D eigenvalue weighted by molar-refractivity contribution is 6.23. The van der Waals surface area contributed by atoms with Crippen LogP contribution in [0.4, 0.5) is 8.78 Å². The van der Waals surface area contributed by atoms with Gasteiger partial charge in [-0.2, -0.15) is 0 Å². The maximum atomic E-state index is 13.6. The van der Waals surface area contributed by atoms with Gasteiger partial charge in [-0.1, -0.05) is 18.2 Å². The van der Waals surface area contributed by atoms with Crippen molar-refractivity contribution in [3.8, 4) is 0 Å². The van der Waals surface area contributed by atoms with Gasteiger partial charge in [0.15, 0.2) is 17.4 Å². The van der Waals surface area contributed by atoms with Gasteiger partial charge in [-0.05, 0) is 61.4 Å². The first-order valence-electron chi connectivity index (χ1n) is 8.77. The van der Waals surface area contributed by atoms with Crippen molar-refractivity contribution in [1.29, 1.82) is 0 Å². The zero-order valence-electron chi connectivity index (χ0n) is 14.1. The molecule has 0 spiro atoms. The van der Waals surface area contributed by atoms with Crippen LogP contribution >= 0.6 is 0 Å². The lowest BCUT2D eigenvalue weighted by Gasteiger charge is -2.24. The van der Waals surface area contributed by atoms with Crippen molar-refractivity contribution in [1.82, 2.24) is 0 Å². The molecule has 25 heavy (non-hydrogen) atoms. The SMILES string of the molecule is Cc1ccc(C2C=C(F)C(F)=CC2)cc1C1=C(O)C2CCC(C2)C1=O. The van der Waals surface area contributed by atoms with Crippen molar-refractivity contribution in [3.05, 3.63) is 64.5 Å². The number of halogens is 2. The van der Waals surface area contributed by atoms with E-state index < -0.39 is 11.7 Å². The van der Waals surface area contributed by atoms with Gasteiger partial charge < -0.3 is 5.11 Å². The predicted octanol–water partition coefficient (Wildman–Crippen LogP) is 5.46. The van der Waals surface area contributed by atoms with E-state index in [9.17, 15) is 18.7 Å². The lowest BCUT2D eigenvalue weighted by Crippen LogP contribution is -2.21. The summed E-state index contributed by atoms with van der Waals surface area (Å²) in [6, 6.07) is 5.62. The third kappa shape index (κ3) is 2.64. The molecule has 0 amide bonds. The molecule has 3 aliphatic rings. The van der Waals surface area contributed by atoms with Crippen LogP contribution in [0.25, 0.3) is 5.57 Å². The Hall–Kier alpha value is -2.23. The molecule has 0 heterocycles. The van der Waals surface area contributed by atoms with Crippen LogP contribution in [0.2, 0.25) is 0 Å². The van der Waals surface area contributed by atoms with E-state index in [1.54, 1.807) is 0 Å². The second kappa shape index (κ2) is 5.94. The lowest BCUT2D eigenvalue weighted by atomic mass is 9.80. The quantitative estimate of drug-likeness (QED) is 0.775. The Labute approximate surface area is 145 Å². The number of carbonyl (C=O) groups excluding carboxylic acids is 1. The van der Waals surface area contributed by atoms with Crippen LogP contribution in [0.1, 0.15) is 48.3 Å². The highest BCUT2D eigenvalue weighted by Gasteiger charge is 2.41. The minimum Gasteiger partial charge on any atom is -0.511 e. The summed E-state index contributed by atoms with van der Waals surface area (Å²) in [6.07, 6.45) is 5.34. The van der Waals surface area contributed by atoms with E-state index in [1.165, 1.54) is 12.2 Å². The number of hydrogen-bond acceptors (Lipinski definition) is 2. The molecule has 1 aromatic rings. The summed E-state index contributed by atoms with van der Waals surface area (Å²) in [5, 5.41) is 10.6. The van der Waals surface area contributed by atoms with Crippen LogP contribution in [0, 0.1) is 18.8 Å². The fourth-order valence-corrected chi connectivity index (χ4v) is 4.30. The first kappa shape index (κ1) is 16.2. The van der Waals surface area contributed by atoms with E-state index in [0.717, 1.165) is 36.0 Å². The normalized spacial score (nSPS) is 28.9. The van der Waals surface area contributed by atoms with Gasteiger partial charge in [0.2, 0.25) is 0 Å². The zero-order valence-corrected chi connectivity index (χ0v) is 14.1. The molecule has 4 heteroatoms. The zero-order chi connectivity index (χ0) is 17.7. The Morgan fingerprint density at radius 3 is 2.64 bits per heavy atom. The van der Waals surface area contributed by atoms with E-state index >= 15 is 0 Å². The molecule has 0 aromatic heterocycles. The number of ketones is 1. The van der Waals surface area contributed by atoms with Gasteiger partial charge in [-0.15, -0.1) is 0 Å². The van der Waals surface area contributed by atoms with Crippen molar-refractivity contribution in [2.24, 2.45) is 11.8 Å². The summed E-state index contributed by atoms with van der Waals surface area (Å²) in [6.45, 7) is 1.90. The molecule has 2 bridgehead atoms. The molecule has 1 fully saturated rings. The number of allylic oxidation sites excluding steroid dienone is 6. The maximum absolute atomic E-state index is 13.6. The van der Waals surface area contributed by atoms with Gasteiger partial charge in [0.1, 0.15) is 5.76 Å². The fraction of sp³-hybridized carbons (Fsp3) is 0.381. The predicted molar refractivity (Wildman–Crippen MR) is 92.3 cm³/mol. The molecule has 1 saturated carbocycles. The monoisotopic (exact) mass is 342 g/mol. The second-order valence-electron chi connectivity index (χ2n) is 7.31. The number of fused-ring (bicyclic) bond motifs is 2. The molecule has 0 aliphatic heterocycles. The van der Waals surface area contributed by atoms with E-state index in [1.807, 2.05) is 25.1 Å². The van der Waals surface area contributed by atoms with Gasteiger partial charge in [0.05, 0.1) is 5.57 Å². The van der Waals surface area contributed by atoms with Gasteiger partial charge >= 0.3 is 0 Å². The van der Waals surface area contributed by atoms with Crippen molar-refractivity contribution < 1.29 is 18.7 Å². The summed E-state index contributed by atoms with van der Waals surface area (Å²) in [5.74, 6) is -1.63. The topological polar surface area (TPSA) is 37.3 Å². The molecule has 1 N–H and O–H groups in total. The molecule has 3 aliphatic carbocycles. The van der Waals surface area contributed by atoms with Crippen molar-refractivity contribution in [2.45, 2.75) is 38.5 Å². The Morgan fingerprint density at radius 1 is 1.12 bits per heavy atom. The molecule has 130 valence electrons. The summed E-state index contributed by atoms with van der Waals surface area (Å²) < 4.78 is 26.8. The number of hydrogen-bond donors (Lipinski definition) is 1. The molecule has 3 unspecified atom stereocenters. The first-order chi connectivity index (χ1) is 12.0. The number of carbonyl (C=O) groups is 1.